The molecule has 2 aromatic rings. The lowest BCUT2D eigenvalue weighted by molar-refractivity contribution is -0.122. The van der Waals surface area contributed by atoms with E-state index < -0.39 is 0 Å². The molecule has 0 spiro atoms. The minimum atomic E-state index is -0.0538. The van der Waals surface area contributed by atoms with Crippen LogP contribution >= 0.6 is 36.6 Å². The van der Waals surface area contributed by atoms with E-state index in [1.165, 1.54) is 0 Å². The van der Waals surface area contributed by atoms with Gasteiger partial charge in [0.25, 0.3) is 0 Å². The largest absolute Gasteiger partial charge is 0.346 e. The Morgan fingerprint density at radius 1 is 1.33 bits per heavy atom. The summed E-state index contributed by atoms with van der Waals surface area (Å²) < 4.78 is 0. The normalized spacial score (nSPS) is 11.4. The predicted octanol–water partition coefficient (Wildman–Crippen LogP) is 3.32. The van der Waals surface area contributed by atoms with Crippen LogP contribution in [0.5, 0.6) is 0 Å². The summed E-state index contributed by atoms with van der Waals surface area (Å²) in [6.07, 6.45) is 4.33. The highest BCUT2D eigenvalue weighted by Gasteiger charge is 2.17. The third-order valence-electron chi connectivity index (χ3n) is 3.51. The van der Waals surface area contributed by atoms with Crippen molar-refractivity contribution in [3.8, 4) is 0 Å². The van der Waals surface area contributed by atoms with Crippen molar-refractivity contribution in [2.24, 2.45) is 0 Å². The number of carbonyl (C=O) groups excluding carboxylic acids is 1. The number of benzene rings is 1. The van der Waals surface area contributed by atoms with Gasteiger partial charge in [0.2, 0.25) is 5.91 Å². The fourth-order valence-corrected chi connectivity index (χ4v) is 2.81. The second-order valence-corrected chi connectivity index (χ2v) is 6.23. The van der Waals surface area contributed by atoms with Crippen molar-refractivity contribution in [1.29, 1.82) is 0 Å². The number of aromatic nitrogens is 2. The van der Waals surface area contributed by atoms with Gasteiger partial charge in [-0.2, -0.15) is 11.8 Å². The van der Waals surface area contributed by atoms with E-state index >= 15 is 0 Å². The molecule has 136 valence electrons. The number of imidazole rings is 1. The number of rotatable bonds is 9. The van der Waals surface area contributed by atoms with Crippen LogP contribution in [-0.4, -0.2) is 41.5 Å². The number of carbonyl (C=O) groups is 1. The van der Waals surface area contributed by atoms with Crippen molar-refractivity contribution < 1.29 is 4.79 Å². The molecule has 1 heterocycles. The number of fused-ring (bicyclic) bond motifs is 1. The fraction of sp³-hybridized carbons (Fsp3) is 0.500. The standard InChI is InChI=1S/C16H24N4OS.2ClH/c1-17-10-5-8-15(21)18-14(9-11-22-2)16-19-12-6-3-4-7-13(12)20-16;;/h3-4,6-7,14,17H,5,8-11H2,1-2H3,(H,18,21)(H,19,20);2*1H. The Bertz CT molecular complexity index is 576. The monoisotopic (exact) mass is 392 g/mol. The van der Waals surface area contributed by atoms with Gasteiger partial charge in [0, 0.05) is 6.42 Å². The lowest BCUT2D eigenvalue weighted by Gasteiger charge is -2.16. The molecular formula is C16H26Cl2N4OS. The quantitative estimate of drug-likeness (QED) is 0.572. The summed E-state index contributed by atoms with van der Waals surface area (Å²) in [5.41, 5.74) is 1.95. The van der Waals surface area contributed by atoms with Gasteiger partial charge in [0.1, 0.15) is 5.82 Å². The van der Waals surface area contributed by atoms with Gasteiger partial charge < -0.3 is 15.6 Å². The average Bonchev–Trinajstić information content (AvgIpc) is 2.95. The SMILES string of the molecule is CNCCCC(=O)NC(CCSC)c1nc2ccccc2[nH]1.Cl.Cl. The minimum Gasteiger partial charge on any atom is -0.346 e. The number of hydrogen-bond acceptors (Lipinski definition) is 4. The molecule has 2 rings (SSSR count). The minimum absolute atomic E-state index is 0. The molecule has 0 aliphatic rings. The molecule has 3 N–H and O–H groups in total. The molecule has 1 amide bonds. The molecule has 5 nitrogen and oxygen atoms in total. The van der Waals surface area contributed by atoms with E-state index in [9.17, 15) is 4.79 Å². The Morgan fingerprint density at radius 3 is 2.75 bits per heavy atom. The van der Waals surface area contributed by atoms with Gasteiger partial charge in [-0.25, -0.2) is 4.98 Å². The van der Waals surface area contributed by atoms with Gasteiger partial charge in [-0.1, -0.05) is 12.1 Å². The molecule has 1 unspecified atom stereocenters. The van der Waals surface area contributed by atoms with Gasteiger partial charge >= 0.3 is 0 Å². The first-order chi connectivity index (χ1) is 10.7. The summed E-state index contributed by atoms with van der Waals surface area (Å²) in [7, 11) is 1.90. The Labute approximate surface area is 160 Å². The van der Waals surface area contributed by atoms with Crippen molar-refractivity contribution in [2.75, 3.05) is 25.6 Å². The molecule has 0 saturated carbocycles. The Hall–Kier alpha value is -0.950. The Balaban J connectivity index is 0.00000264. The molecule has 1 aromatic carbocycles. The van der Waals surface area contributed by atoms with E-state index in [1.54, 1.807) is 11.8 Å². The molecule has 1 atom stereocenters. The van der Waals surface area contributed by atoms with Crippen molar-refractivity contribution in [1.82, 2.24) is 20.6 Å². The van der Waals surface area contributed by atoms with Crippen molar-refractivity contribution in [3.63, 3.8) is 0 Å². The number of amides is 1. The second kappa shape index (κ2) is 12.4. The van der Waals surface area contributed by atoms with E-state index in [-0.39, 0.29) is 36.8 Å². The van der Waals surface area contributed by atoms with Gasteiger partial charge in [-0.15, -0.1) is 24.8 Å². The van der Waals surface area contributed by atoms with Crippen LogP contribution in [0.3, 0.4) is 0 Å². The van der Waals surface area contributed by atoms with Crippen LogP contribution in [-0.2, 0) is 4.79 Å². The summed E-state index contributed by atoms with van der Waals surface area (Å²) in [5, 5.41) is 6.17. The highest BCUT2D eigenvalue weighted by Crippen LogP contribution is 2.20. The van der Waals surface area contributed by atoms with Gasteiger partial charge in [0.15, 0.2) is 0 Å². The smallest absolute Gasteiger partial charge is 0.220 e. The first-order valence-electron chi connectivity index (χ1n) is 7.62. The molecular weight excluding hydrogens is 367 g/mol. The number of nitrogens with one attached hydrogen (secondary N) is 3. The van der Waals surface area contributed by atoms with Crippen LogP contribution in [0.25, 0.3) is 11.0 Å². The maximum Gasteiger partial charge on any atom is 0.220 e. The maximum absolute atomic E-state index is 12.1. The maximum atomic E-state index is 12.1. The molecule has 8 heteroatoms. The molecule has 0 fully saturated rings. The summed E-state index contributed by atoms with van der Waals surface area (Å²) in [4.78, 5) is 20.0. The van der Waals surface area contributed by atoms with Crippen LogP contribution in [0.2, 0.25) is 0 Å². The number of thioether (sulfide) groups is 1. The van der Waals surface area contributed by atoms with Crippen molar-refractivity contribution >= 4 is 53.5 Å². The third kappa shape index (κ3) is 6.89. The van der Waals surface area contributed by atoms with Crippen molar-refractivity contribution in [3.05, 3.63) is 30.1 Å². The molecule has 0 saturated heterocycles. The second-order valence-electron chi connectivity index (χ2n) is 5.25. The zero-order valence-corrected chi connectivity index (χ0v) is 16.5. The molecule has 0 aliphatic heterocycles. The van der Waals surface area contributed by atoms with Crippen LogP contribution in [0.4, 0.5) is 0 Å². The zero-order chi connectivity index (χ0) is 15.8. The first-order valence-corrected chi connectivity index (χ1v) is 9.01. The molecule has 24 heavy (non-hydrogen) atoms. The lowest BCUT2D eigenvalue weighted by Crippen LogP contribution is -2.30. The van der Waals surface area contributed by atoms with E-state index in [2.05, 4.69) is 26.9 Å². The number of aromatic amines is 1. The highest BCUT2D eigenvalue weighted by molar-refractivity contribution is 7.98. The number of halogens is 2. The number of H-pyrrole nitrogens is 1. The number of nitrogens with zero attached hydrogens (tertiary/aromatic N) is 1. The lowest BCUT2D eigenvalue weighted by atomic mass is 10.2. The average molecular weight is 393 g/mol. The number of hydrogen-bond donors (Lipinski definition) is 3. The highest BCUT2D eigenvalue weighted by atomic mass is 35.5. The molecule has 0 radical (unpaired) electrons. The third-order valence-corrected chi connectivity index (χ3v) is 4.16. The zero-order valence-electron chi connectivity index (χ0n) is 14.0. The van der Waals surface area contributed by atoms with E-state index in [4.69, 9.17) is 0 Å². The van der Waals surface area contributed by atoms with Gasteiger partial charge in [0.05, 0.1) is 17.1 Å². The van der Waals surface area contributed by atoms with E-state index in [1.807, 2.05) is 31.3 Å². The van der Waals surface area contributed by atoms with Crippen LogP contribution < -0.4 is 10.6 Å². The predicted molar refractivity (Wildman–Crippen MR) is 108 cm³/mol. The Kier molecular flexibility index (Phi) is 11.9. The van der Waals surface area contributed by atoms with Gasteiger partial charge in [-0.05, 0) is 50.6 Å². The summed E-state index contributed by atoms with van der Waals surface area (Å²) >= 11 is 1.78. The summed E-state index contributed by atoms with van der Waals surface area (Å²) in [6, 6.07) is 7.89. The first kappa shape index (κ1) is 23.1. The Morgan fingerprint density at radius 2 is 2.08 bits per heavy atom. The van der Waals surface area contributed by atoms with Crippen LogP contribution in [0.15, 0.2) is 24.3 Å². The van der Waals surface area contributed by atoms with E-state index in [0.717, 1.165) is 42.0 Å². The van der Waals surface area contributed by atoms with Crippen molar-refractivity contribution in [2.45, 2.75) is 25.3 Å². The topological polar surface area (TPSA) is 69.8 Å². The molecule has 0 bridgehead atoms. The fourth-order valence-electron chi connectivity index (χ4n) is 2.34. The summed E-state index contributed by atoms with van der Waals surface area (Å²) in [5.74, 6) is 1.91. The summed E-state index contributed by atoms with van der Waals surface area (Å²) in [6.45, 7) is 0.855. The molecule has 1 aromatic heterocycles. The van der Waals surface area contributed by atoms with Crippen LogP contribution in [0, 0.1) is 0 Å². The molecule has 0 aliphatic carbocycles. The van der Waals surface area contributed by atoms with E-state index in [0.29, 0.717) is 6.42 Å². The van der Waals surface area contributed by atoms with Crippen LogP contribution in [0.1, 0.15) is 31.1 Å². The van der Waals surface area contributed by atoms with Gasteiger partial charge in [-0.3, -0.25) is 4.79 Å². The number of para-hydroxylation sites is 2.